The summed E-state index contributed by atoms with van der Waals surface area (Å²) in [6.45, 7) is 5.55. The van der Waals surface area contributed by atoms with Gasteiger partial charge in [-0.15, -0.1) is 0 Å². The zero-order valence-electron chi connectivity index (χ0n) is 13.1. The average Bonchev–Trinajstić information content (AvgIpc) is 2.35. The Kier molecular flexibility index (Phi) is 4.76. The molecular formula is C17H24O4. The number of phenols is 1. The summed E-state index contributed by atoms with van der Waals surface area (Å²) in [6.07, 6.45) is 6.51. The number of hydrogen-bond donors (Lipinski definition) is 1. The van der Waals surface area contributed by atoms with Crippen molar-refractivity contribution in [2.24, 2.45) is 0 Å². The number of aromatic hydroxyl groups is 1. The van der Waals surface area contributed by atoms with Crippen LogP contribution in [0.25, 0.3) is 0 Å². The molecule has 0 bridgehead atoms. The highest BCUT2D eigenvalue weighted by atomic mass is 16.7. The van der Waals surface area contributed by atoms with E-state index >= 15 is 0 Å². The van der Waals surface area contributed by atoms with E-state index in [2.05, 4.69) is 6.92 Å². The first kappa shape index (κ1) is 15.7. The zero-order valence-corrected chi connectivity index (χ0v) is 13.1. The van der Waals surface area contributed by atoms with Gasteiger partial charge in [-0.1, -0.05) is 32.6 Å². The number of fused-ring (bicyclic) bond motifs is 1. The van der Waals surface area contributed by atoms with Gasteiger partial charge in [0.15, 0.2) is 0 Å². The molecule has 21 heavy (non-hydrogen) atoms. The number of phenolic OH excluding ortho intramolecular Hbond substituents is 1. The molecule has 1 N–H and O–H groups in total. The topological polar surface area (TPSA) is 55.8 Å². The summed E-state index contributed by atoms with van der Waals surface area (Å²) < 4.78 is 10.9. The quantitative estimate of drug-likeness (QED) is 0.631. The highest BCUT2D eigenvalue weighted by Gasteiger charge is 2.35. The van der Waals surface area contributed by atoms with E-state index in [9.17, 15) is 9.90 Å². The summed E-state index contributed by atoms with van der Waals surface area (Å²) >= 11 is 0. The molecule has 2 rings (SSSR count). The van der Waals surface area contributed by atoms with Crippen LogP contribution in [0.3, 0.4) is 0 Å². The molecule has 1 aromatic carbocycles. The Morgan fingerprint density at radius 2 is 1.81 bits per heavy atom. The van der Waals surface area contributed by atoms with Gasteiger partial charge in [-0.2, -0.15) is 0 Å². The lowest BCUT2D eigenvalue weighted by Gasteiger charge is -2.32. The lowest BCUT2D eigenvalue weighted by molar-refractivity contribution is -0.127. The van der Waals surface area contributed by atoms with E-state index in [4.69, 9.17) is 9.47 Å². The molecule has 0 spiro atoms. The van der Waals surface area contributed by atoms with Gasteiger partial charge in [-0.3, -0.25) is 0 Å². The van der Waals surface area contributed by atoms with Crippen LogP contribution in [-0.4, -0.2) is 16.9 Å². The average molecular weight is 292 g/mol. The number of unbranched alkanes of at least 4 members (excludes halogenated alkanes) is 4. The first-order valence-corrected chi connectivity index (χ1v) is 7.71. The summed E-state index contributed by atoms with van der Waals surface area (Å²) in [5.41, 5.74) is 1.27. The van der Waals surface area contributed by atoms with Crippen LogP contribution in [0.2, 0.25) is 0 Å². The van der Waals surface area contributed by atoms with Crippen LogP contribution in [0, 0.1) is 0 Å². The first-order chi connectivity index (χ1) is 9.93. The molecule has 0 saturated heterocycles. The highest BCUT2D eigenvalue weighted by Crippen LogP contribution is 2.37. The molecule has 116 valence electrons. The van der Waals surface area contributed by atoms with Crippen molar-refractivity contribution in [1.82, 2.24) is 0 Å². The number of ether oxygens (including phenoxy) is 2. The third kappa shape index (κ3) is 3.90. The molecule has 1 aromatic rings. The Morgan fingerprint density at radius 1 is 1.10 bits per heavy atom. The van der Waals surface area contributed by atoms with Gasteiger partial charge in [0.1, 0.15) is 17.1 Å². The molecule has 0 saturated carbocycles. The Labute approximate surface area is 126 Å². The lowest BCUT2D eigenvalue weighted by atomic mass is 9.98. The second kappa shape index (κ2) is 6.37. The summed E-state index contributed by atoms with van der Waals surface area (Å²) in [7, 11) is 0. The van der Waals surface area contributed by atoms with Crippen molar-refractivity contribution in [1.29, 1.82) is 0 Å². The highest BCUT2D eigenvalue weighted by molar-refractivity contribution is 5.95. The van der Waals surface area contributed by atoms with Gasteiger partial charge in [-0.05, 0) is 24.5 Å². The van der Waals surface area contributed by atoms with Gasteiger partial charge in [0.25, 0.3) is 0 Å². The number of benzene rings is 1. The zero-order chi connectivity index (χ0) is 15.5. The van der Waals surface area contributed by atoms with E-state index in [1.807, 2.05) is 0 Å². The minimum atomic E-state index is -0.990. The second-order valence-corrected chi connectivity index (χ2v) is 6.03. The Bertz CT molecular complexity index is 520. The van der Waals surface area contributed by atoms with E-state index in [0.717, 1.165) is 24.8 Å². The van der Waals surface area contributed by atoms with Crippen molar-refractivity contribution in [2.75, 3.05) is 0 Å². The molecule has 0 aliphatic carbocycles. The second-order valence-electron chi connectivity index (χ2n) is 6.03. The maximum atomic E-state index is 12.2. The first-order valence-electron chi connectivity index (χ1n) is 7.71. The predicted octanol–water partition coefficient (Wildman–Crippen LogP) is 4.19. The molecule has 1 aliphatic rings. The molecule has 0 fully saturated rings. The summed E-state index contributed by atoms with van der Waals surface area (Å²) in [4.78, 5) is 12.2. The number of carbonyl (C=O) groups is 1. The van der Waals surface area contributed by atoms with E-state index in [1.165, 1.54) is 25.3 Å². The fourth-order valence-electron chi connectivity index (χ4n) is 2.65. The summed E-state index contributed by atoms with van der Waals surface area (Å²) in [6, 6.07) is 3.12. The van der Waals surface area contributed by atoms with Crippen molar-refractivity contribution in [3.05, 3.63) is 23.3 Å². The van der Waals surface area contributed by atoms with Gasteiger partial charge in [-0.25, -0.2) is 4.79 Å². The molecule has 0 aromatic heterocycles. The van der Waals surface area contributed by atoms with Crippen molar-refractivity contribution in [2.45, 2.75) is 65.1 Å². The summed E-state index contributed by atoms with van der Waals surface area (Å²) in [5.74, 6) is -0.816. The number of carbonyl (C=O) groups excluding carboxylic acids is 1. The van der Waals surface area contributed by atoms with Crippen LogP contribution in [0.1, 0.15) is 68.8 Å². The number of esters is 1. The van der Waals surface area contributed by atoms with Crippen molar-refractivity contribution in [3.63, 3.8) is 0 Å². The number of aryl methyl sites for hydroxylation is 1. The molecule has 4 nitrogen and oxygen atoms in total. The van der Waals surface area contributed by atoms with Crippen LogP contribution < -0.4 is 4.74 Å². The Morgan fingerprint density at radius 3 is 2.52 bits per heavy atom. The molecule has 0 unspecified atom stereocenters. The smallest absolute Gasteiger partial charge is 0.345 e. The molecule has 0 radical (unpaired) electrons. The van der Waals surface area contributed by atoms with E-state index in [0.29, 0.717) is 11.3 Å². The van der Waals surface area contributed by atoms with Crippen LogP contribution in [0.5, 0.6) is 11.5 Å². The van der Waals surface area contributed by atoms with Crippen LogP contribution in [0.4, 0.5) is 0 Å². The van der Waals surface area contributed by atoms with Crippen LogP contribution in [0.15, 0.2) is 12.1 Å². The molecular weight excluding hydrogens is 268 g/mol. The van der Waals surface area contributed by atoms with Crippen molar-refractivity contribution < 1.29 is 19.4 Å². The standard InChI is InChI=1S/C17H24O4/c1-4-5-6-7-8-9-12-10-13(18)11-14-15(12)16(19)21-17(2,3)20-14/h10-11,18H,4-9H2,1-3H3. The third-order valence-corrected chi connectivity index (χ3v) is 3.62. The number of hydrogen-bond acceptors (Lipinski definition) is 4. The van der Waals surface area contributed by atoms with E-state index in [-0.39, 0.29) is 11.7 Å². The molecule has 4 heteroatoms. The monoisotopic (exact) mass is 292 g/mol. The molecule has 0 atom stereocenters. The van der Waals surface area contributed by atoms with Crippen LogP contribution >= 0.6 is 0 Å². The van der Waals surface area contributed by atoms with Crippen molar-refractivity contribution in [3.8, 4) is 11.5 Å². The summed E-state index contributed by atoms with van der Waals surface area (Å²) in [5, 5.41) is 9.83. The largest absolute Gasteiger partial charge is 0.508 e. The normalized spacial score (nSPS) is 16.0. The maximum absolute atomic E-state index is 12.2. The van der Waals surface area contributed by atoms with Crippen molar-refractivity contribution >= 4 is 5.97 Å². The molecule has 1 aliphatic heterocycles. The molecule has 1 heterocycles. The van der Waals surface area contributed by atoms with Gasteiger partial charge in [0.05, 0.1) is 0 Å². The van der Waals surface area contributed by atoms with Gasteiger partial charge in [0.2, 0.25) is 5.79 Å². The predicted molar refractivity (Wildman–Crippen MR) is 80.7 cm³/mol. The third-order valence-electron chi connectivity index (χ3n) is 3.62. The van der Waals surface area contributed by atoms with E-state index < -0.39 is 5.79 Å². The number of cyclic esters (lactones) is 1. The number of rotatable bonds is 6. The fraction of sp³-hybridized carbons (Fsp3) is 0.588. The minimum Gasteiger partial charge on any atom is -0.508 e. The van der Waals surface area contributed by atoms with Gasteiger partial charge < -0.3 is 14.6 Å². The lowest BCUT2D eigenvalue weighted by Crippen LogP contribution is -2.39. The van der Waals surface area contributed by atoms with E-state index in [1.54, 1.807) is 19.9 Å². The minimum absolute atomic E-state index is 0.128. The Hall–Kier alpha value is -1.71. The molecule has 0 amide bonds. The van der Waals surface area contributed by atoms with Crippen LogP contribution in [-0.2, 0) is 11.2 Å². The Balaban J connectivity index is 2.15. The fourth-order valence-corrected chi connectivity index (χ4v) is 2.65. The van der Waals surface area contributed by atoms with Gasteiger partial charge in [0, 0.05) is 19.9 Å². The SMILES string of the molecule is CCCCCCCc1cc(O)cc2c1C(=O)OC(C)(C)O2. The maximum Gasteiger partial charge on any atom is 0.345 e. The van der Waals surface area contributed by atoms with Gasteiger partial charge >= 0.3 is 5.97 Å².